The minimum atomic E-state index is -0.111. The third kappa shape index (κ3) is 5.45. The fourth-order valence-electron chi connectivity index (χ4n) is 2.03. The molecule has 2 rings (SSSR count). The number of benzene rings is 2. The van der Waals surface area contributed by atoms with Gasteiger partial charge in [-0.05, 0) is 55.3 Å². The van der Waals surface area contributed by atoms with E-state index in [0.29, 0.717) is 5.75 Å². The standard InChI is InChI=1S/C18H20N2O2S/c1-12-7-8-16(9-13(12)2)20-18(22)11-23-17-6-4-5-15(10-17)19-14(3)21/h4-10H,11H2,1-3H3,(H,19,21)(H,20,22). The summed E-state index contributed by atoms with van der Waals surface area (Å²) in [5, 5.41) is 5.63. The maximum absolute atomic E-state index is 12.0. The summed E-state index contributed by atoms with van der Waals surface area (Å²) in [6, 6.07) is 13.3. The van der Waals surface area contributed by atoms with Crippen molar-refractivity contribution >= 4 is 35.0 Å². The largest absolute Gasteiger partial charge is 0.326 e. The van der Waals surface area contributed by atoms with Gasteiger partial charge >= 0.3 is 0 Å². The van der Waals surface area contributed by atoms with Crippen LogP contribution in [0.2, 0.25) is 0 Å². The van der Waals surface area contributed by atoms with E-state index in [4.69, 9.17) is 0 Å². The van der Waals surface area contributed by atoms with E-state index in [2.05, 4.69) is 10.6 Å². The first-order chi connectivity index (χ1) is 10.9. The quantitative estimate of drug-likeness (QED) is 0.816. The van der Waals surface area contributed by atoms with E-state index in [1.807, 2.05) is 56.3 Å². The lowest BCUT2D eigenvalue weighted by molar-refractivity contribution is -0.114. The molecule has 4 nitrogen and oxygen atoms in total. The Morgan fingerprint density at radius 2 is 1.70 bits per heavy atom. The van der Waals surface area contributed by atoms with Crippen molar-refractivity contribution in [1.82, 2.24) is 0 Å². The lowest BCUT2D eigenvalue weighted by atomic mass is 10.1. The first-order valence-corrected chi connectivity index (χ1v) is 8.30. The Balaban J connectivity index is 1.91. The van der Waals surface area contributed by atoms with E-state index >= 15 is 0 Å². The van der Waals surface area contributed by atoms with Crippen LogP contribution in [-0.4, -0.2) is 17.6 Å². The van der Waals surface area contributed by atoms with Crippen LogP contribution in [0.15, 0.2) is 47.4 Å². The van der Waals surface area contributed by atoms with Crippen molar-refractivity contribution in [3.63, 3.8) is 0 Å². The molecule has 2 aromatic rings. The number of nitrogens with one attached hydrogen (secondary N) is 2. The molecule has 0 aromatic heterocycles. The van der Waals surface area contributed by atoms with Gasteiger partial charge in [-0.15, -0.1) is 11.8 Å². The highest BCUT2D eigenvalue weighted by atomic mass is 32.2. The normalized spacial score (nSPS) is 10.2. The second kappa shape index (κ2) is 7.83. The average Bonchev–Trinajstić information content (AvgIpc) is 2.49. The van der Waals surface area contributed by atoms with Gasteiger partial charge in [-0.2, -0.15) is 0 Å². The highest BCUT2D eigenvalue weighted by Crippen LogP contribution is 2.22. The molecule has 2 aromatic carbocycles. The Bertz CT molecular complexity index is 729. The molecule has 5 heteroatoms. The van der Waals surface area contributed by atoms with Crippen molar-refractivity contribution in [2.45, 2.75) is 25.7 Å². The Morgan fingerprint density at radius 1 is 0.957 bits per heavy atom. The summed E-state index contributed by atoms with van der Waals surface area (Å²) in [5.74, 6) is 0.152. The van der Waals surface area contributed by atoms with E-state index in [9.17, 15) is 9.59 Å². The van der Waals surface area contributed by atoms with Crippen molar-refractivity contribution in [3.05, 3.63) is 53.6 Å². The van der Waals surface area contributed by atoms with Crippen LogP contribution in [0.25, 0.3) is 0 Å². The Labute approximate surface area is 140 Å². The van der Waals surface area contributed by atoms with Crippen LogP contribution >= 0.6 is 11.8 Å². The first kappa shape index (κ1) is 17.1. The summed E-state index contributed by atoms with van der Waals surface area (Å²) in [5.41, 5.74) is 3.90. The highest BCUT2D eigenvalue weighted by molar-refractivity contribution is 8.00. The molecule has 0 fully saturated rings. The van der Waals surface area contributed by atoms with E-state index in [-0.39, 0.29) is 11.8 Å². The van der Waals surface area contributed by atoms with Crippen LogP contribution in [0.5, 0.6) is 0 Å². The van der Waals surface area contributed by atoms with Gasteiger partial charge in [0, 0.05) is 23.2 Å². The molecule has 0 saturated carbocycles. The maximum atomic E-state index is 12.0. The summed E-state index contributed by atoms with van der Waals surface area (Å²) in [6.45, 7) is 5.53. The van der Waals surface area contributed by atoms with Crippen molar-refractivity contribution in [1.29, 1.82) is 0 Å². The monoisotopic (exact) mass is 328 g/mol. The lowest BCUT2D eigenvalue weighted by Gasteiger charge is -2.08. The van der Waals surface area contributed by atoms with Gasteiger partial charge in [0.05, 0.1) is 5.75 Å². The smallest absolute Gasteiger partial charge is 0.234 e. The summed E-state index contributed by atoms with van der Waals surface area (Å²) in [6.07, 6.45) is 0. The van der Waals surface area contributed by atoms with Gasteiger partial charge < -0.3 is 10.6 Å². The second-order valence-corrected chi connectivity index (χ2v) is 6.39. The molecule has 23 heavy (non-hydrogen) atoms. The number of carbonyl (C=O) groups is 2. The van der Waals surface area contributed by atoms with E-state index < -0.39 is 0 Å². The summed E-state index contributed by atoms with van der Waals surface area (Å²) in [7, 11) is 0. The molecule has 0 radical (unpaired) electrons. The molecule has 0 saturated heterocycles. The van der Waals surface area contributed by atoms with Crippen molar-refractivity contribution < 1.29 is 9.59 Å². The number of thioether (sulfide) groups is 1. The molecule has 0 aliphatic carbocycles. The molecular weight excluding hydrogens is 308 g/mol. The third-order valence-electron chi connectivity index (χ3n) is 3.31. The Morgan fingerprint density at radius 3 is 2.39 bits per heavy atom. The molecule has 2 amide bonds. The van der Waals surface area contributed by atoms with E-state index in [0.717, 1.165) is 21.8 Å². The van der Waals surface area contributed by atoms with Gasteiger partial charge in [0.2, 0.25) is 11.8 Å². The number of carbonyl (C=O) groups excluding carboxylic acids is 2. The van der Waals surface area contributed by atoms with Crippen LogP contribution in [0.4, 0.5) is 11.4 Å². The zero-order chi connectivity index (χ0) is 16.8. The van der Waals surface area contributed by atoms with Crippen molar-refractivity contribution in [2.24, 2.45) is 0 Å². The maximum Gasteiger partial charge on any atom is 0.234 e. The van der Waals surface area contributed by atoms with Gasteiger partial charge in [-0.25, -0.2) is 0 Å². The average molecular weight is 328 g/mol. The van der Waals surface area contributed by atoms with E-state index in [1.54, 1.807) is 0 Å². The van der Waals surface area contributed by atoms with Gasteiger partial charge in [0.15, 0.2) is 0 Å². The number of rotatable bonds is 5. The highest BCUT2D eigenvalue weighted by Gasteiger charge is 2.05. The Hall–Kier alpha value is -2.27. The summed E-state index contributed by atoms with van der Waals surface area (Å²) in [4.78, 5) is 24.0. The topological polar surface area (TPSA) is 58.2 Å². The zero-order valence-electron chi connectivity index (χ0n) is 13.5. The molecule has 0 unspecified atom stereocenters. The number of hydrogen-bond donors (Lipinski definition) is 2. The second-order valence-electron chi connectivity index (χ2n) is 5.34. The number of hydrogen-bond acceptors (Lipinski definition) is 3. The van der Waals surface area contributed by atoms with Crippen molar-refractivity contribution in [3.8, 4) is 0 Å². The summed E-state index contributed by atoms with van der Waals surface area (Å²) < 4.78 is 0. The predicted molar refractivity (Wildman–Crippen MR) is 96.0 cm³/mol. The molecule has 0 aliphatic rings. The van der Waals surface area contributed by atoms with Crippen LogP contribution in [0.1, 0.15) is 18.1 Å². The Kier molecular flexibility index (Phi) is 5.82. The summed E-state index contributed by atoms with van der Waals surface area (Å²) >= 11 is 1.43. The van der Waals surface area contributed by atoms with Gasteiger partial charge in [-0.3, -0.25) is 9.59 Å². The van der Waals surface area contributed by atoms with Crippen molar-refractivity contribution in [2.75, 3.05) is 16.4 Å². The molecule has 0 atom stereocenters. The third-order valence-corrected chi connectivity index (χ3v) is 4.31. The molecule has 0 heterocycles. The minimum Gasteiger partial charge on any atom is -0.326 e. The van der Waals surface area contributed by atoms with Gasteiger partial charge in [-0.1, -0.05) is 12.1 Å². The molecule has 0 spiro atoms. The van der Waals surface area contributed by atoms with Crippen LogP contribution < -0.4 is 10.6 Å². The molecular formula is C18H20N2O2S. The van der Waals surface area contributed by atoms with Crippen LogP contribution in [0.3, 0.4) is 0 Å². The molecule has 2 N–H and O–H groups in total. The first-order valence-electron chi connectivity index (χ1n) is 7.31. The molecule has 0 bridgehead atoms. The molecule has 120 valence electrons. The van der Waals surface area contributed by atoms with E-state index in [1.165, 1.54) is 24.2 Å². The van der Waals surface area contributed by atoms with Crippen LogP contribution in [-0.2, 0) is 9.59 Å². The predicted octanol–water partition coefficient (Wildman–Crippen LogP) is 3.99. The fourth-order valence-corrected chi connectivity index (χ4v) is 2.79. The zero-order valence-corrected chi connectivity index (χ0v) is 14.3. The fraction of sp³-hybridized carbons (Fsp3) is 0.222. The number of anilines is 2. The van der Waals surface area contributed by atoms with Crippen LogP contribution in [0, 0.1) is 13.8 Å². The van der Waals surface area contributed by atoms with Gasteiger partial charge in [0.25, 0.3) is 0 Å². The SMILES string of the molecule is CC(=O)Nc1cccc(SCC(=O)Nc2ccc(C)c(C)c2)c1. The lowest BCUT2D eigenvalue weighted by Crippen LogP contribution is -2.14. The molecule has 0 aliphatic heterocycles. The number of aryl methyl sites for hydroxylation is 2. The number of amides is 2. The minimum absolute atomic E-state index is 0.0526. The van der Waals surface area contributed by atoms with Gasteiger partial charge in [0.1, 0.15) is 0 Å².